The molecule has 0 aliphatic carbocycles. The van der Waals surface area contributed by atoms with Crippen LogP contribution < -0.4 is 10.3 Å². The van der Waals surface area contributed by atoms with Crippen molar-refractivity contribution in [1.29, 1.82) is 0 Å². The van der Waals surface area contributed by atoms with Gasteiger partial charge in [0.2, 0.25) is 0 Å². The van der Waals surface area contributed by atoms with Gasteiger partial charge in [0.1, 0.15) is 5.82 Å². The highest BCUT2D eigenvalue weighted by atomic mass is 16.5. The molecule has 138 valence electrons. The van der Waals surface area contributed by atoms with Crippen LogP contribution in [-0.2, 0) is 19.5 Å². The first-order valence-electron chi connectivity index (χ1n) is 8.75. The molecule has 1 aromatic carbocycles. The molecule has 0 spiro atoms. The summed E-state index contributed by atoms with van der Waals surface area (Å²) in [6, 6.07) is 9.08. The number of aromatic nitrogens is 3. The van der Waals surface area contributed by atoms with Crippen molar-refractivity contribution in [2.24, 2.45) is 0 Å². The first-order chi connectivity index (χ1) is 13.2. The number of aromatic hydroxyl groups is 1. The zero-order valence-corrected chi connectivity index (χ0v) is 15.0. The van der Waals surface area contributed by atoms with E-state index in [1.165, 1.54) is 7.11 Å². The fourth-order valence-electron chi connectivity index (χ4n) is 3.36. The molecule has 7 nitrogen and oxygen atoms in total. The molecule has 0 bridgehead atoms. The number of benzene rings is 1. The Morgan fingerprint density at radius 3 is 2.85 bits per heavy atom. The maximum Gasteiger partial charge on any atom is 0.255 e. The van der Waals surface area contributed by atoms with Gasteiger partial charge in [-0.1, -0.05) is 12.1 Å². The normalized spacial score (nSPS) is 14.0. The van der Waals surface area contributed by atoms with Gasteiger partial charge in [0.15, 0.2) is 11.5 Å². The molecule has 3 heterocycles. The molecule has 1 aliphatic rings. The molecular weight excluding hydrogens is 344 g/mol. The summed E-state index contributed by atoms with van der Waals surface area (Å²) >= 11 is 0. The maximum atomic E-state index is 12.6. The Morgan fingerprint density at radius 1 is 1.26 bits per heavy atom. The maximum absolute atomic E-state index is 12.6. The van der Waals surface area contributed by atoms with Crippen molar-refractivity contribution in [3.8, 4) is 22.9 Å². The predicted molar refractivity (Wildman–Crippen MR) is 101 cm³/mol. The number of ether oxygens (including phenoxy) is 1. The standard InChI is InChI=1S/C20H20N4O3/c1-27-17-4-2-3-14(18(17)25)11-24-10-7-16-15(12-24)20(26)23-19(22-16)13-5-8-21-9-6-13/h2-6,8-9,25H,7,10-12H2,1H3,(H,22,23,26). The summed E-state index contributed by atoms with van der Waals surface area (Å²) in [5.41, 5.74) is 3.01. The van der Waals surface area contributed by atoms with Gasteiger partial charge in [0.05, 0.1) is 18.4 Å². The molecule has 0 saturated heterocycles. The van der Waals surface area contributed by atoms with Crippen LogP contribution >= 0.6 is 0 Å². The molecular formula is C20H20N4O3. The van der Waals surface area contributed by atoms with E-state index in [4.69, 9.17) is 4.74 Å². The zero-order chi connectivity index (χ0) is 18.8. The van der Waals surface area contributed by atoms with Crippen LogP contribution in [0, 0.1) is 0 Å². The molecule has 2 aromatic heterocycles. The number of pyridine rings is 1. The second kappa shape index (κ2) is 7.20. The number of rotatable bonds is 4. The van der Waals surface area contributed by atoms with Crippen molar-refractivity contribution in [1.82, 2.24) is 19.9 Å². The number of phenolic OH excluding ortho intramolecular Hbond substituents is 1. The number of nitrogens with one attached hydrogen (secondary N) is 1. The largest absolute Gasteiger partial charge is 0.504 e. The van der Waals surface area contributed by atoms with Crippen LogP contribution in [0.1, 0.15) is 16.8 Å². The minimum Gasteiger partial charge on any atom is -0.504 e. The van der Waals surface area contributed by atoms with Crippen LogP contribution in [0.3, 0.4) is 0 Å². The topological polar surface area (TPSA) is 91.3 Å². The molecule has 0 fully saturated rings. The SMILES string of the molecule is COc1cccc(CN2CCc3nc(-c4ccncc4)[nH]c(=O)c3C2)c1O. The Kier molecular flexibility index (Phi) is 4.60. The number of aromatic amines is 1. The minimum atomic E-state index is -0.119. The van der Waals surface area contributed by atoms with Crippen molar-refractivity contribution < 1.29 is 9.84 Å². The predicted octanol–water partition coefficient (Wildman–Crippen LogP) is 2.10. The second-order valence-electron chi connectivity index (χ2n) is 6.50. The van der Waals surface area contributed by atoms with Gasteiger partial charge in [-0.15, -0.1) is 0 Å². The van der Waals surface area contributed by atoms with E-state index in [0.29, 0.717) is 36.6 Å². The Balaban J connectivity index is 1.58. The van der Waals surface area contributed by atoms with Crippen molar-refractivity contribution in [3.05, 3.63) is 69.9 Å². The molecule has 0 amide bonds. The summed E-state index contributed by atoms with van der Waals surface area (Å²) in [5, 5.41) is 10.3. The van der Waals surface area contributed by atoms with E-state index in [-0.39, 0.29) is 11.3 Å². The molecule has 0 unspecified atom stereocenters. The van der Waals surface area contributed by atoms with Gasteiger partial charge in [0.25, 0.3) is 5.56 Å². The molecule has 2 N–H and O–H groups in total. The number of para-hydroxylation sites is 1. The van der Waals surface area contributed by atoms with E-state index in [1.807, 2.05) is 24.3 Å². The number of hydrogen-bond donors (Lipinski definition) is 2. The highest BCUT2D eigenvalue weighted by Gasteiger charge is 2.22. The lowest BCUT2D eigenvalue weighted by molar-refractivity contribution is 0.237. The first-order valence-corrected chi connectivity index (χ1v) is 8.75. The summed E-state index contributed by atoms with van der Waals surface area (Å²) in [7, 11) is 1.53. The molecule has 3 aromatic rings. The van der Waals surface area contributed by atoms with Gasteiger partial charge in [0, 0.05) is 49.6 Å². The van der Waals surface area contributed by atoms with Crippen LogP contribution in [-0.4, -0.2) is 38.6 Å². The minimum absolute atomic E-state index is 0.119. The summed E-state index contributed by atoms with van der Waals surface area (Å²) < 4.78 is 5.17. The van der Waals surface area contributed by atoms with Crippen LogP contribution in [0.15, 0.2) is 47.5 Å². The number of H-pyrrole nitrogens is 1. The lowest BCUT2D eigenvalue weighted by Crippen LogP contribution is -2.35. The molecule has 1 aliphatic heterocycles. The highest BCUT2D eigenvalue weighted by molar-refractivity contribution is 5.54. The van der Waals surface area contributed by atoms with Crippen LogP contribution in [0.25, 0.3) is 11.4 Å². The third-order valence-electron chi connectivity index (χ3n) is 4.80. The van der Waals surface area contributed by atoms with Gasteiger partial charge in [-0.3, -0.25) is 14.7 Å². The van der Waals surface area contributed by atoms with Crippen molar-refractivity contribution in [3.63, 3.8) is 0 Å². The average Bonchev–Trinajstić information content (AvgIpc) is 2.70. The van der Waals surface area contributed by atoms with Gasteiger partial charge in [-0.05, 0) is 18.2 Å². The number of fused-ring (bicyclic) bond motifs is 1. The van der Waals surface area contributed by atoms with Crippen LogP contribution in [0.4, 0.5) is 0 Å². The van der Waals surface area contributed by atoms with Gasteiger partial charge in [-0.25, -0.2) is 4.98 Å². The van der Waals surface area contributed by atoms with E-state index in [0.717, 1.165) is 23.4 Å². The van der Waals surface area contributed by atoms with Crippen LogP contribution in [0.5, 0.6) is 11.5 Å². The molecule has 4 rings (SSSR count). The smallest absolute Gasteiger partial charge is 0.255 e. The second-order valence-corrected chi connectivity index (χ2v) is 6.50. The van der Waals surface area contributed by atoms with Gasteiger partial charge in [-0.2, -0.15) is 0 Å². The van der Waals surface area contributed by atoms with Crippen molar-refractivity contribution in [2.75, 3.05) is 13.7 Å². The molecule has 0 atom stereocenters. The summed E-state index contributed by atoms with van der Waals surface area (Å²) in [6.45, 7) is 1.79. The number of nitrogens with zero attached hydrogens (tertiary/aromatic N) is 3. The van der Waals surface area contributed by atoms with Gasteiger partial charge < -0.3 is 14.8 Å². The Labute approximate surface area is 156 Å². The lowest BCUT2D eigenvalue weighted by atomic mass is 10.0. The molecule has 27 heavy (non-hydrogen) atoms. The fourth-order valence-corrected chi connectivity index (χ4v) is 3.36. The number of hydrogen-bond acceptors (Lipinski definition) is 6. The van der Waals surface area contributed by atoms with E-state index in [2.05, 4.69) is 19.9 Å². The Bertz CT molecular complexity index is 1020. The Hall–Kier alpha value is -3.19. The monoisotopic (exact) mass is 364 g/mol. The quantitative estimate of drug-likeness (QED) is 0.737. The molecule has 0 radical (unpaired) electrons. The van der Waals surface area contributed by atoms with E-state index in [9.17, 15) is 9.90 Å². The average molecular weight is 364 g/mol. The molecule has 0 saturated carbocycles. The van der Waals surface area contributed by atoms with E-state index >= 15 is 0 Å². The summed E-state index contributed by atoms with van der Waals surface area (Å²) in [5.74, 6) is 1.16. The summed E-state index contributed by atoms with van der Waals surface area (Å²) in [6.07, 6.45) is 4.04. The van der Waals surface area contributed by atoms with E-state index < -0.39 is 0 Å². The lowest BCUT2D eigenvalue weighted by Gasteiger charge is -2.28. The van der Waals surface area contributed by atoms with Crippen LogP contribution in [0.2, 0.25) is 0 Å². The number of methoxy groups -OCH3 is 1. The van der Waals surface area contributed by atoms with Crippen molar-refractivity contribution in [2.45, 2.75) is 19.5 Å². The summed E-state index contributed by atoms with van der Waals surface area (Å²) in [4.78, 5) is 26.3. The van der Waals surface area contributed by atoms with Gasteiger partial charge >= 0.3 is 0 Å². The fraction of sp³-hybridized carbons (Fsp3) is 0.250. The van der Waals surface area contributed by atoms with Crippen molar-refractivity contribution >= 4 is 0 Å². The Morgan fingerprint density at radius 2 is 2.07 bits per heavy atom. The third-order valence-corrected chi connectivity index (χ3v) is 4.80. The third kappa shape index (κ3) is 3.41. The first kappa shape index (κ1) is 17.2. The zero-order valence-electron chi connectivity index (χ0n) is 15.0. The van der Waals surface area contributed by atoms with E-state index in [1.54, 1.807) is 18.5 Å². The highest BCUT2D eigenvalue weighted by Crippen LogP contribution is 2.31. The molecule has 7 heteroatoms. The number of phenols is 1.